The second-order valence-corrected chi connectivity index (χ2v) is 4.45. The van der Waals surface area contributed by atoms with Crippen LogP contribution in [0.3, 0.4) is 0 Å². The van der Waals surface area contributed by atoms with Crippen molar-refractivity contribution < 1.29 is 15.1 Å². The van der Waals surface area contributed by atoms with Crippen LogP contribution in [-0.2, 0) is 4.74 Å². The van der Waals surface area contributed by atoms with E-state index in [4.69, 9.17) is 9.94 Å². The molecule has 2 atom stereocenters. The second kappa shape index (κ2) is 4.76. The number of hydroxylamine groups is 1. The highest BCUT2D eigenvalue weighted by Crippen LogP contribution is 2.30. The molecule has 15 heavy (non-hydrogen) atoms. The predicted molar refractivity (Wildman–Crippen MR) is 54.5 cm³/mol. The van der Waals surface area contributed by atoms with Gasteiger partial charge in [0, 0.05) is 13.1 Å². The highest BCUT2D eigenvalue weighted by molar-refractivity contribution is 4.93. The third kappa shape index (κ3) is 2.32. The van der Waals surface area contributed by atoms with Crippen molar-refractivity contribution in [3.63, 3.8) is 0 Å². The average molecular weight is 216 g/mol. The van der Waals surface area contributed by atoms with Crippen LogP contribution in [0.1, 0.15) is 25.7 Å². The van der Waals surface area contributed by atoms with Crippen molar-refractivity contribution >= 4 is 0 Å². The zero-order valence-corrected chi connectivity index (χ0v) is 8.98. The van der Waals surface area contributed by atoms with Crippen molar-refractivity contribution in [3.05, 3.63) is 0 Å². The number of aliphatic hydroxyl groups is 1. The third-order valence-corrected chi connectivity index (χ3v) is 3.52. The van der Waals surface area contributed by atoms with Gasteiger partial charge in [-0.05, 0) is 19.3 Å². The fraction of sp³-hybridized carbons (Fsp3) is 1.00. The van der Waals surface area contributed by atoms with Gasteiger partial charge in [0.05, 0.1) is 19.3 Å². The van der Waals surface area contributed by atoms with Gasteiger partial charge >= 0.3 is 0 Å². The fourth-order valence-corrected chi connectivity index (χ4v) is 2.64. The summed E-state index contributed by atoms with van der Waals surface area (Å²) in [6, 6.07) is 0.0140. The second-order valence-electron chi connectivity index (χ2n) is 4.45. The van der Waals surface area contributed by atoms with Gasteiger partial charge in [0.2, 0.25) is 0 Å². The fourth-order valence-electron chi connectivity index (χ4n) is 2.64. The van der Waals surface area contributed by atoms with E-state index in [-0.39, 0.29) is 6.04 Å². The lowest BCUT2D eigenvalue weighted by molar-refractivity contribution is -0.169. The Morgan fingerprint density at radius 1 is 1.27 bits per heavy atom. The van der Waals surface area contributed by atoms with Crippen molar-refractivity contribution in [1.82, 2.24) is 10.4 Å². The van der Waals surface area contributed by atoms with E-state index in [0.29, 0.717) is 6.42 Å². The minimum absolute atomic E-state index is 0.0140. The molecule has 2 aliphatic rings. The van der Waals surface area contributed by atoms with Gasteiger partial charge in [-0.25, -0.2) is 0 Å². The standard InChI is InChI=1S/C10H20N2O3/c13-10(11-14)4-2-1-3-9(10)12-5-7-15-8-6-12/h9,11,13-14H,1-8H2/t9-,10+/m1/s1. The summed E-state index contributed by atoms with van der Waals surface area (Å²) >= 11 is 0. The molecule has 2 fully saturated rings. The summed E-state index contributed by atoms with van der Waals surface area (Å²) in [7, 11) is 0. The molecule has 5 nitrogen and oxygen atoms in total. The molecule has 0 aromatic heterocycles. The molecule has 0 spiro atoms. The number of hydrogen-bond acceptors (Lipinski definition) is 5. The molecule has 1 saturated heterocycles. The van der Waals surface area contributed by atoms with E-state index in [1.807, 2.05) is 0 Å². The summed E-state index contributed by atoms with van der Waals surface area (Å²) in [6.45, 7) is 3.12. The zero-order valence-electron chi connectivity index (χ0n) is 8.98. The molecule has 1 saturated carbocycles. The van der Waals surface area contributed by atoms with Crippen LogP contribution in [0.2, 0.25) is 0 Å². The Bertz CT molecular complexity index is 209. The molecule has 1 aliphatic carbocycles. The number of hydrogen-bond donors (Lipinski definition) is 3. The number of nitrogens with one attached hydrogen (secondary N) is 1. The summed E-state index contributed by atoms with van der Waals surface area (Å²) in [6.07, 6.45) is 3.63. The quantitative estimate of drug-likeness (QED) is 0.445. The van der Waals surface area contributed by atoms with Crippen molar-refractivity contribution in [1.29, 1.82) is 0 Å². The normalized spacial score (nSPS) is 39.2. The molecule has 3 N–H and O–H groups in total. The van der Waals surface area contributed by atoms with Crippen LogP contribution < -0.4 is 5.48 Å². The number of ether oxygens (including phenoxy) is 1. The minimum atomic E-state index is -1.13. The van der Waals surface area contributed by atoms with Crippen LogP contribution >= 0.6 is 0 Å². The number of rotatable bonds is 2. The van der Waals surface area contributed by atoms with Gasteiger partial charge in [0.15, 0.2) is 5.72 Å². The van der Waals surface area contributed by atoms with Crippen molar-refractivity contribution in [2.45, 2.75) is 37.5 Å². The molecular formula is C10H20N2O3. The van der Waals surface area contributed by atoms with Gasteiger partial charge in [-0.15, -0.1) is 0 Å². The highest BCUT2D eigenvalue weighted by Gasteiger charge is 2.42. The van der Waals surface area contributed by atoms with Crippen LogP contribution in [0.15, 0.2) is 0 Å². The smallest absolute Gasteiger partial charge is 0.152 e. The first-order valence-corrected chi connectivity index (χ1v) is 5.72. The molecule has 0 bridgehead atoms. The SMILES string of the molecule is ON[C@]1(O)CCCC[C@H]1N1CCOCC1. The van der Waals surface area contributed by atoms with E-state index in [1.165, 1.54) is 0 Å². The number of morpholine rings is 1. The molecule has 0 unspecified atom stereocenters. The molecule has 0 amide bonds. The first-order chi connectivity index (χ1) is 7.26. The Morgan fingerprint density at radius 3 is 2.67 bits per heavy atom. The largest absolute Gasteiger partial charge is 0.379 e. The minimum Gasteiger partial charge on any atom is -0.379 e. The first-order valence-electron chi connectivity index (χ1n) is 5.72. The highest BCUT2D eigenvalue weighted by atomic mass is 16.5. The van der Waals surface area contributed by atoms with Crippen LogP contribution in [0.5, 0.6) is 0 Å². The first kappa shape index (κ1) is 11.3. The van der Waals surface area contributed by atoms with E-state index in [2.05, 4.69) is 10.4 Å². The molecule has 5 heteroatoms. The average Bonchev–Trinajstić information content (AvgIpc) is 2.31. The zero-order chi connectivity index (χ0) is 10.7. The Balaban J connectivity index is 2.03. The summed E-state index contributed by atoms with van der Waals surface area (Å²) in [5, 5.41) is 19.3. The Morgan fingerprint density at radius 2 is 2.00 bits per heavy atom. The van der Waals surface area contributed by atoms with Crippen molar-refractivity contribution in [3.8, 4) is 0 Å². The number of nitrogens with zero attached hydrogens (tertiary/aromatic N) is 1. The molecular weight excluding hydrogens is 196 g/mol. The maximum absolute atomic E-state index is 10.2. The van der Waals surface area contributed by atoms with Gasteiger partial charge in [0.25, 0.3) is 0 Å². The Labute approximate surface area is 90.0 Å². The Kier molecular flexibility index (Phi) is 3.58. The molecule has 0 aromatic rings. The molecule has 88 valence electrons. The van der Waals surface area contributed by atoms with Crippen LogP contribution in [0.25, 0.3) is 0 Å². The summed E-state index contributed by atoms with van der Waals surface area (Å²) in [5.74, 6) is 0. The van der Waals surface area contributed by atoms with Gasteiger partial charge in [-0.2, -0.15) is 5.48 Å². The van der Waals surface area contributed by atoms with Crippen molar-refractivity contribution in [2.24, 2.45) is 0 Å². The molecule has 0 radical (unpaired) electrons. The topological polar surface area (TPSA) is 65.0 Å². The molecule has 0 aromatic carbocycles. The van der Waals surface area contributed by atoms with Gasteiger partial charge in [0.1, 0.15) is 0 Å². The van der Waals surface area contributed by atoms with Crippen LogP contribution in [0.4, 0.5) is 0 Å². The molecule has 2 rings (SSSR count). The van der Waals surface area contributed by atoms with E-state index in [1.54, 1.807) is 0 Å². The van der Waals surface area contributed by atoms with Crippen molar-refractivity contribution in [2.75, 3.05) is 26.3 Å². The maximum atomic E-state index is 10.2. The lowest BCUT2D eigenvalue weighted by Gasteiger charge is -2.46. The molecule has 1 heterocycles. The van der Waals surface area contributed by atoms with Gasteiger partial charge in [-0.3, -0.25) is 4.90 Å². The van der Waals surface area contributed by atoms with Crippen LogP contribution in [0, 0.1) is 0 Å². The van der Waals surface area contributed by atoms with Gasteiger partial charge in [-0.1, -0.05) is 6.42 Å². The van der Waals surface area contributed by atoms with E-state index >= 15 is 0 Å². The summed E-state index contributed by atoms with van der Waals surface area (Å²) in [4.78, 5) is 2.21. The van der Waals surface area contributed by atoms with E-state index in [0.717, 1.165) is 45.6 Å². The monoisotopic (exact) mass is 216 g/mol. The molecule has 1 aliphatic heterocycles. The predicted octanol–water partition coefficient (Wildman–Crippen LogP) is -0.0714. The van der Waals surface area contributed by atoms with Gasteiger partial charge < -0.3 is 15.1 Å². The van der Waals surface area contributed by atoms with E-state index in [9.17, 15) is 5.11 Å². The third-order valence-electron chi connectivity index (χ3n) is 3.52. The van der Waals surface area contributed by atoms with E-state index < -0.39 is 5.72 Å². The maximum Gasteiger partial charge on any atom is 0.152 e. The Hall–Kier alpha value is -0.200. The summed E-state index contributed by atoms with van der Waals surface area (Å²) < 4.78 is 5.29. The summed E-state index contributed by atoms with van der Waals surface area (Å²) in [5.41, 5.74) is 0.971. The lowest BCUT2D eigenvalue weighted by Crippen LogP contribution is -2.63. The lowest BCUT2D eigenvalue weighted by atomic mass is 9.86. The van der Waals surface area contributed by atoms with Crippen LogP contribution in [-0.4, -0.2) is 53.3 Å².